The Morgan fingerprint density at radius 2 is 1.70 bits per heavy atom. The monoisotopic (exact) mass is 557 g/mol. The molecule has 0 spiro atoms. The first-order valence-corrected chi connectivity index (χ1v) is 14.1. The molecule has 5 N–H and O–H groups in total. The Morgan fingerprint density at radius 3 is 2.23 bits per heavy atom. The molecule has 0 aromatic carbocycles. The number of Topliss-reactive ketones (excluding diaryl/α,β-unsaturated/α-hetero) is 2. The molecule has 2 saturated carbocycles. The van der Waals surface area contributed by atoms with E-state index in [0.717, 1.165) is 19.3 Å². The average molecular weight is 558 g/mol. The van der Waals surface area contributed by atoms with Gasteiger partial charge in [0.05, 0.1) is 6.04 Å². The number of likely N-dealkylation sites (tertiary alicyclic amines) is 1. The molecule has 3 aliphatic rings. The maximum Gasteiger partial charge on any atom is 0.315 e. The topological polar surface area (TPSA) is 168 Å². The minimum Gasteiger partial charge on any atom is -0.363 e. The van der Waals surface area contributed by atoms with Gasteiger partial charge < -0.3 is 26.6 Å². The fraction of sp³-hybridized carbons (Fsp3) is 0.724. The molecule has 40 heavy (non-hydrogen) atoms. The van der Waals surface area contributed by atoms with Crippen molar-refractivity contribution in [1.29, 1.82) is 0 Å². The zero-order valence-electron chi connectivity index (χ0n) is 24.4. The van der Waals surface area contributed by atoms with Crippen molar-refractivity contribution in [2.24, 2.45) is 28.9 Å². The molecule has 220 valence electrons. The highest BCUT2D eigenvalue weighted by atomic mass is 16.2. The van der Waals surface area contributed by atoms with E-state index in [4.69, 9.17) is 5.73 Å². The summed E-state index contributed by atoms with van der Waals surface area (Å²) in [5, 5.41) is 8.18. The van der Waals surface area contributed by atoms with E-state index in [9.17, 15) is 28.8 Å². The number of ketones is 2. The number of nitrogens with two attached hydrogens (primary N) is 1. The summed E-state index contributed by atoms with van der Waals surface area (Å²) in [4.78, 5) is 78.2. The molecular weight excluding hydrogens is 514 g/mol. The van der Waals surface area contributed by atoms with Crippen LogP contribution in [0, 0.1) is 35.0 Å². The molecule has 3 rings (SSSR count). The number of piperidine rings is 1. The minimum atomic E-state index is -1.11. The van der Waals surface area contributed by atoms with Crippen LogP contribution in [-0.4, -0.2) is 70.4 Å². The van der Waals surface area contributed by atoms with Gasteiger partial charge in [-0.3, -0.25) is 24.0 Å². The Labute approximate surface area is 236 Å². The molecule has 11 heteroatoms. The molecule has 1 saturated heterocycles. The van der Waals surface area contributed by atoms with Gasteiger partial charge in [0.1, 0.15) is 12.1 Å². The lowest BCUT2D eigenvalue weighted by Crippen LogP contribution is -2.59. The predicted molar refractivity (Wildman–Crippen MR) is 147 cm³/mol. The van der Waals surface area contributed by atoms with Gasteiger partial charge in [0.15, 0.2) is 0 Å². The number of nitrogens with zero attached hydrogens (tertiary/aromatic N) is 1. The van der Waals surface area contributed by atoms with Gasteiger partial charge in [0, 0.05) is 18.5 Å². The van der Waals surface area contributed by atoms with Crippen LogP contribution in [0.1, 0.15) is 80.1 Å². The van der Waals surface area contributed by atoms with Crippen molar-refractivity contribution in [1.82, 2.24) is 20.9 Å². The van der Waals surface area contributed by atoms with Gasteiger partial charge in [0.25, 0.3) is 5.91 Å². The molecule has 5 amide bonds. The Balaban J connectivity index is 1.83. The number of hydrogen-bond donors (Lipinski definition) is 4. The standard InChI is InChI=1S/C29H43N5O6/c1-7-9-17(35)12-13-19(32-27(40)33-28(2,3)4)26(39)34-15-18-21(29(18,5)6)22(34)25(38)31-20(23(36)24(30)37)14-16-10-8-11-16/h16,18-22H,8,10-15H2,1-6H3,(H2,30,37)(H,31,38)(H2,32,33,40)/t18-,19-,20?,21-,22-/m0/s1. The maximum atomic E-state index is 13.9. The fourth-order valence-corrected chi connectivity index (χ4v) is 6.01. The summed E-state index contributed by atoms with van der Waals surface area (Å²) in [5.74, 6) is 1.79. The van der Waals surface area contributed by atoms with E-state index in [0.29, 0.717) is 13.0 Å². The zero-order chi connectivity index (χ0) is 30.0. The molecule has 2 aliphatic carbocycles. The van der Waals surface area contributed by atoms with Crippen LogP contribution >= 0.6 is 0 Å². The normalized spacial score (nSPS) is 24.2. The number of hydrogen-bond acceptors (Lipinski definition) is 6. The number of urea groups is 1. The van der Waals surface area contributed by atoms with E-state index in [2.05, 4.69) is 27.8 Å². The van der Waals surface area contributed by atoms with Gasteiger partial charge in [-0.05, 0) is 69.6 Å². The molecule has 0 aromatic heterocycles. The summed E-state index contributed by atoms with van der Waals surface area (Å²) in [7, 11) is 0. The molecule has 0 radical (unpaired) electrons. The second-order valence-electron chi connectivity index (χ2n) is 12.9. The van der Waals surface area contributed by atoms with Gasteiger partial charge >= 0.3 is 6.03 Å². The lowest BCUT2D eigenvalue weighted by Gasteiger charge is -2.35. The van der Waals surface area contributed by atoms with Crippen molar-refractivity contribution in [3.8, 4) is 11.8 Å². The molecule has 1 aliphatic heterocycles. The van der Waals surface area contributed by atoms with Crippen molar-refractivity contribution in [2.45, 2.75) is 104 Å². The maximum absolute atomic E-state index is 13.9. The van der Waals surface area contributed by atoms with Gasteiger partial charge in [0.2, 0.25) is 23.4 Å². The van der Waals surface area contributed by atoms with Crippen LogP contribution in [-0.2, 0) is 24.0 Å². The summed E-state index contributed by atoms with van der Waals surface area (Å²) in [6.45, 7) is 11.3. The predicted octanol–water partition coefficient (Wildman–Crippen LogP) is 1.04. The van der Waals surface area contributed by atoms with Crippen molar-refractivity contribution in [3.63, 3.8) is 0 Å². The third-order valence-electron chi connectivity index (χ3n) is 8.45. The SMILES string of the molecule is CC#CC(=O)CC[C@H](NC(=O)NC(C)(C)C)C(=O)N1C[C@H]2[C@@H]([C@H]1C(=O)NC(CC1CCC1)C(=O)C(N)=O)C2(C)C. The molecule has 3 fully saturated rings. The van der Waals surface area contributed by atoms with Crippen LogP contribution in [0.4, 0.5) is 4.79 Å². The second-order valence-corrected chi connectivity index (χ2v) is 12.9. The molecule has 5 atom stereocenters. The van der Waals surface area contributed by atoms with Crippen molar-refractivity contribution in [2.75, 3.05) is 6.54 Å². The molecule has 1 unspecified atom stereocenters. The second kappa shape index (κ2) is 12.0. The van der Waals surface area contributed by atoms with Crippen LogP contribution in [0.5, 0.6) is 0 Å². The van der Waals surface area contributed by atoms with Gasteiger partial charge in [-0.1, -0.05) is 39.0 Å². The highest BCUT2D eigenvalue weighted by molar-refractivity contribution is 6.37. The van der Waals surface area contributed by atoms with Crippen LogP contribution in [0.25, 0.3) is 0 Å². The molecule has 11 nitrogen and oxygen atoms in total. The lowest BCUT2D eigenvalue weighted by molar-refractivity contribution is -0.144. The van der Waals surface area contributed by atoms with Crippen molar-refractivity contribution >= 4 is 35.3 Å². The number of fused-ring (bicyclic) bond motifs is 1. The Bertz CT molecular complexity index is 1130. The number of carbonyl (C=O) groups excluding carboxylic acids is 6. The third-order valence-corrected chi connectivity index (χ3v) is 8.45. The van der Waals surface area contributed by atoms with Crippen LogP contribution in [0.2, 0.25) is 0 Å². The van der Waals surface area contributed by atoms with Gasteiger partial charge in [-0.15, -0.1) is 0 Å². The summed E-state index contributed by atoms with van der Waals surface area (Å²) in [6.07, 6.45) is 3.14. The first-order valence-electron chi connectivity index (χ1n) is 14.1. The van der Waals surface area contributed by atoms with Crippen molar-refractivity contribution in [3.05, 3.63) is 0 Å². The quantitative estimate of drug-likeness (QED) is 0.168. The highest BCUT2D eigenvalue weighted by Gasteiger charge is 2.69. The zero-order valence-corrected chi connectivity index (χ0v) is 24.4. The summed E-state index contributed by atoms with van der Waals surface area (Å²) >= 11 is 0. The van der Waals surface area contributed by atoms with Crippen LogP contribution in [0.15, 0.2) is 0 Å². The number of amides is 5. The fourth-order valence-electron chi connectivity index (χ4n) is 6.01. The number of carbonyl (C=O) groups is 6. The molecular formula is C29H43N5O6. The Hall–Kier alpha value is -3.42. The van der Waals surface area contributed by atoms with Crippen LogP contribution in [0.3, 0.4) is 0 Å². The Morgan fingerprint density at radius 1 is 1.05 bits per heavy atom. The molecule has 1 heterocycles. The van der Waals surface area contributed by atoms with Gasteiger partial charge in [-0.2, -0.15) is 0 Å². The first kappa shape index (κ1) is 31.1. The van der Waals surface area contributed by atoms with Crippen molar-refractivity contribution < 1.29 is 28.8 Å². The van der Waals surface area contributed by atoms with E-state index in [1.165, 1.54) is 11.8 Å². The third kappa shape index (κ3) is 7.20. The summed E-state index contributed by atoms with van der Waals surface area (Å²) < 4.78 is 0. The molecule has 0 bridgehead atoms. The Kier molecular flexibility index (Phi) is 9.32. The van der Waals surface area contributed by atoms with E-state index >= 15 is 0 Å². The van der Waals surface area contributed by atoms with Crippen LogP contribution < -0.4 is 21.7 Å². The number of nitrogens with one attached hydrogen (secondary N) is 3. The van der Waals surface area contributed by atoms with Gasteiger partial charge in [-0.25, -0.2) is 4.79 Å². The van der Waals surface area contributed by atoms with E-state index in [1.807, 2.05) is 13.8 Å². The summed E-state index contributed by atoms with van der Waals surface area (Å²) in [6, 6.07) is -3.58. The summed E-state index contributed by atoms with van der Waals surface area (Å²) in [5.41, 5.74) is 4.51. The lowest BCUT2D eigenvalue weighted by atomic mass is 9.80. The number of primary amides is 1. The number of rotatable bonds is 11. The highest BCUT2D eigenvalue weighted by Crippen LogP contribution is 2.65. The average Bonchev–Trinajstić information content (AvgIpc) is 3.14. The van der Waals surface area contributed by atoms with E-state index < -0.39 is 53.2 Å². The largest absolute Gasteiger partial charge is 0.363 e. The van der Waals surface area contributed by atoms with E-state index in [1.54, 1.807) is 20.8 Å². The minimum absolute atomic E-state index is 0.0118. The molecule has 0 aromatic rings. The van der Waals surface area contributed by atoms with E-state index in [-0.39, 0.29) is 41.8 Å². The smallest absolute Gasteiger partial charge is 0.315 e. The first-order chi connectivity index (χ1) is 18.6.